The molecule has 12 heteroatoms. The lowest BCUT2D eigenvalue weighted by Gasteiger charge is -2.15. The number of nitrogens with two attached hydrogens (primary N) is 1. The predicted molar refractivity (Wildman–Crippen MR) is 84.9 cm³/mol. The molecular formula is C15H14ClF6N3O2. The van der Waals surface area contributed by atoms with Crippen molar-refractivity contribution >= 4 is 12.4 Å². The highest BCUT2D eigenvalue weighted by atomic mass is 35.5. The molecule has 0 fully saturated rings. The molecule has 0 aromatic carbocycles. The van der Waals surface area contributed by atoms with E-state index in [9.17, 15) is 26.3 Å². The van der Waals surface area contributed by atoms with Gasteiger partial charge in [0.25, 0.3) is 0 Å². The molecule has 2 N–H and O–H groups in total. The van der Waals surface area contributed by atoms with E-state index in [1.54, 1.807) is 0 Å². The summed E-state index contributed by atoms with van der Waals surface area (Å²) in [6, 6.07) is 4.46. The van der Waals surface area contributed by atoms with Gasteiger partial charge in [0.15, 0.2) is 13.2 Å². The molecule has 150 valence electrons. The third-order valence-electron chi connectivity index (χ3n) is 3.00. The van der Waals surface area contributed by atoms with Crippen molar-refractivity contribution in [2.24, 2.45) is 5.73 Å². The van der Waals surface area contributed by atoms with Crippen molar-refractivity contribution in [3.63, 3.8) is 0 Å². The number of hydrogen-bond donors (Lipinski definition) is 1. The molecule has 0 amide bonds. The largest absolute Gasteiger partial charge is 0.468 e. The van der Waals surface area contributed by atoms with Crippen LogP contribution in [0, 0.1) is 0 Å². The zero-order chi connectivity index (χ0) is 19.4. The van der Waals surface area contributed by atoms with Crippen molar-refractivity contribution in [1.82, 2.24) is 9.97 Å². The fourth-order valence-corrected chi connectivity index (χ4v) is 1.90. The summed E-state index contributed by atoms with van der Waals surface area (Å²) in [7, 11) is 0. The highest BCUT2D eigenvalue weighted by Gasteiger charge is 2.29. The fourth-order valence-electron chi connectivity index (χ4n) is 1.90. The summed E-state index contributed by atoms with van der Waals surface area (Å²) in [5, 5.41) is 0. The van der Waals surface area contributed by atoms with Gasteiger partial charge in [0.1, 0.15) is 0 Å². The first kappa shape index (κ1) is 22.8. The van der Waals surface area contributed by atoms with Crippen LogP contribution in [0.15, 0.2) is 36.7 Å². The Balaban J connectivity index is 0.00000364. The summed E-state index contributed by atoms with van der Waals surface area (Å²) in [5.41, 5.74) is 6.71. The van der Waals surface area contributed by atoms with E-state index in [1.165, 1.54) is 36.7 Å². The average Bonchev–Trinajstić information content (AvgIpc) is 2.57. The van der Waals surface area contributed by atoms with Crippen molar-refractivity contribution in [2.45, 2.75) is 18.4 Å². The van der Waals surface area contributed by atoms with Gasteiger partial charge in [-0.3, -0.25) is 0 Å². The number of nitrogens with zero attached hydrogens (tertiary/aromatic N) is 2. The summed E-state index contributed by atoms with van der Waals surface area (Å²) < 4.78 is 82.2. The lowest BCUT2D eigenvalue weighted by molar-refractivity contribution is -0.154. The monoisotopic (exact) mass is 417 g/mol. The third kappa shape index (κ3) is 7.87. The van der Waals surface area contributed by atoms with E-state index in [0.717, 1.165) is 0 Å². The number of alkyl halides is 6. The summed E-state index contributed by atoms with van der Waals surface area (Å²) in [4.78, 5) is 7.31. The second kappa shape index (κ2) is 9.09. The van der Waals surface area contributed by atoms with Crippen LogP contribution in [-0.2, 0) is 0 Å². The Morgan fingerprint density at radius 1 is 0.815 bits per heavy atom. The summed E-state index contributed by atoms with van der Waals surface area (Å²) in [5.74, 6) is -0.559. The molecule has 2 heterocycles. The third-order valence-corrected chi connectivity index (χ3v) is 3.00. The first-order valence-corrected chi connectivity index (χ1v) is 7.10. The SMILES string of the molecule is Cl.NC(c1ccnc(OCC(F)(F)F)c1)c1ccnc(OCC(F)(F)F)c1. The van der Waals surface area contributed by atoms with Gasteiger partial charge in [-0.05, 0) is 23.3 Å². The van der Waals surface area contributed by atoms with Crippen molar-refractivity contribution in [3.8, 4) is 11.8 Å². The van der Waals surface area contributed by atoms with E-state index < -0.39 is 31.6 Å². The molecule has 2 aromatic rings. The summed E-state index contributed by atoms with van der Waals surface area (Å²) >= 11 is 0. The molecular weight excluding hydrogens is 404 g/mol. The first-order valence-electron chi connectivity index (χ1n) is 7.10. The van der Waals surface area contributed by atoms with Crippen LogP contribution in [-0.4, -0.2) is 35.5 Å². The van der Waals surface area contributed by atoms with Crippen molar-refractivity contribution in [1.29, 1.82) is 0 Å². The molecule has 0 aliphatic rings. The highest BCUT2D eigenvalue weighted by Crippen LogP contribution is 2.25. The number of hydrogen-bond acceptors (Lipinski definition) is 5. The van der Waals surface area contributed by atoms with Gasteiger partial charge in [-0.2, -0.15) is 26.3 Å². The number of aromatic nitrogens is 2. The van der Waals surface area contributed by atoms with Crippen molar-refractivity contribution < 1.29 is 35.8 Å². The van der Waals surface area contributed by atoms with Gasteiger partial charge in [-0.25, -0.2) is 9.97 Å². The second-order valence-electron chi connectivity index (χ2n) is 5.14. The zero-order valence-corrected chi connectivity index (χ0v) is 14.2. The maximum Gasteiger partial charge on any atom is 0.422 e. The van der Waals surface area contributed by atoms with Crippen LogP contribution in [0.2, 0.25) is 0 Å². The minimum Gasteiger partial charge on any atom is -0.468 e. The smallest absolute Gasteiger partial charge is 0.422 e. The van der Waals surface area contributed by atoms with Gasteiger partial charge in [0.2, 0.25) is 11.8 Å². The first-order chi connectivity index (χ1) is 12.0. The molecule has 0 spiro atoms. The van der Waals surface area contributed by atoms with Gasteiger partial charge in [-0.15, -0.1) is 12.4 Å². The van der Waals surface area contributed by atoms with Crippen LogP contribution in [0.4, 0.5) is 26.3 Å². The van der Waals surface area contributed by atoms with Crippen LogP contribution in [0.3, 0.4) is 0 Å². The van der Waals surface area contributed by atoms with E-state index >= 15 is 0 Å². The van der Waals surface area contributed by atoms with E-state index in [2.05, 4.69) is 19.4 Å². The Bertz CT molecular complexity index is 680. The van der Waals surface area contributed by atoms with Crippen LogP contribution in [0.5, 0.6) is 11.8 Å². The molecule has 0 atom stereocenters. The molecule has 5 nitrogen and oxygen atoms in total. The van der Waals surface area contributed by atoms with E-state index in [0.29, 0.717) is 11.1 Å². The van der Waals surface area contributed by atoms with Gasteiger partial charge in [0.05, 0.1) is 6.04 Å². The quantitative estimate of drug-likeness (QED) is 0.723. The highest BCUT2D eigenvalue weighted by molar-refractivity contribution is 5.85. The molecule has 0 unspecified atom stereocenters. The molecule has 2 aromatic heterocycles. The van der Waals surface area contributed by atoms with Gasteiger partial charge in [-0.1, -0.05) is 0 Å². The Kier molecular flexibility index (Phi) is 7.66. The lowest BCUT2D eigenvalue weighted by atomic mass is 10.0. The fraction of sp³-hybridized carbons (Fsp3) is 0.333. The molecule has 0 saturated heterocycles. The zero-order valence-electron chi connectivity index (χ0n) is 13.4. The topological polar surface area (TPSA) is 70.3 Å². The Morgan fingerprint density at radius 3 is 1.52 bits per heavy atom. The maximum atomic E-state index is 12.2. The second-order valence-corrected chi connectivity index (χ2v) is 5.14. The predicted octanol–water partition coefficient (Wildman–Crippen LogP) is 3.83. The molecule has 0 aliphatic carbocycles. The van der Waals surface area contributed by atoms with Gasteiger partial charge >= 0.3 is 12.4 Å². The Hall–Kier alpha value is -2.27. The van der Waals surface area contributed by atoms with Crippen LogP contribution < -0.4 is 15.2 Å². The van der Waals surface area contributed by atoms with Crippen molar-refractivity contribution in [3.05, 3.63) is 47.8 Å². The minimum atomic E-state index is -4.52. The molecule has 2 rings (SSSR count). The van der Waals surface area contributed by atoms with Crippen molar-refractivity contribution in [2.75, 3.05) is 13.2 Å². The Labute approximate surface area is 155 Å². The molecule has 0 radical (unpaired) electrons. The lowest BCUT2D eigenvalue weighted by Crippen LogP contribution is -2.20. The van der Waals surface area contributed by atoms with Crippen LogP contribution in [0.25, 0.3) is 0 Å². The number of rotatable bonds is 6. The molecule has 27 heavy (non-hydrogen) atoms. The summed E-state index contributed by atoms with van der Waals surface area (Å²) in [6.07, 6.45) is -6.61. The average molecular weight is 418 g/mol. The number of pyridine rings is 2. The Morgan fingerprint density at radius 2 is 1.19 bits per heavy atom. The van der Waals surface area contributed by atoms with E-state index in [1.807, 2.05) is 0 Å². The standard InChI is InChI=1S/C15H13F6N3O2.ClH/c16-14(17,18)7-25-11-5-9(1-3-23-11)13(22)10-2-4-24-12(6-10)26-8-15(19,20)21;/h1-6,13H,7-8,22H2;1H. The van der Waals surface area contributed by atoms with Gasteiger partial charge in [0, 0.05) is 24.5 Å². The van der Waals surface area contributed by atoms with Crippen LogP contribution >= 0.6 is 12.4 Å². The minimum absolute atomic E-state index is 0. The molecule has 0 saturated carbocycles. The summed E-state index contributed by atoms with van der Waals surface area (Å²) in [6.45, 7) is -3.02. The number of ether oxygens (including phenoxy) is 2. The number of halogens is 7. The normalized spacial score (nSPS) is 11.9. The van der Waals surface area contributed by atoms with E-state index in [4.69, 9.17) is 5.73 Å². The van der Waals surface area contributed by atoms with Crippen LogP contribution in [0.1, 0.15) is 17.2 Å². The van der Waals surface area contributed by atoms with Gasteiger partial charge < -0.3 is 15.2 Å². The maximum absolute atomic E-state index is 12.2. The molecule has 0 bridgehead atoms. The molecule has 0 aliphatic heterocycles. The van der Waals surface area contributed by atoms with E-state index in [-0.39, 0.29) is 24.2 Å².